The Kier molecular flexibility index (Phi) is 3.28. The quantitative estimate of drug-likeness (QED) is 0.539. The normalized spacial score (nSPS) is 22.8. The van der Waals surface area contributed by atoms with Gasteiger partial charge >= 0.3 is 12.0 Å². The van der Waals surface area contributed by atoms with Crippen molar-refractivity contribution in [1.29, 1.82) is 0 Å². The highest BCUT2D eigenvalue weighted by Gasteiger charge is 2.55. The van der Waals surface area contributed by atoms with Crippen molar-refractivity contribution in [1.82, 2.24) is 9.80 Å². The highest BCUT2D eigenvalue weighted by molar-refractivity contribution is 6.08. The fourth-order valence-corrected chi connectivity index (χ4v) is 2.86. The van der Waals surface area contributed by atoms with Crippen LogP contribution in [0.15, 0.2) is 0 Å². The molecule has 0 aromatic heterocycles. The van der Waals surface area contributed by atoms with Gasteiger partial charge in [-0.3, -0.25) is 14.5 Å². The van der Waals surface area contributed by atoms with Crippen molar-refractivity contribution in [3.05, 3.63) is 0 Å². The molecule has 6 heteroatoms. The molecule has 0 atom stereocenters. The van der Waals surface area contributed by atoms with Gasteiger partial charge in [0.25, 0.3) is 5.91 Å². The van der Waals surface area contributed by atoms with E-state index in [1.807, 2.05) is 0 Å². The summed E-state index contributed by atoms with van der Waals surface area (Å²) in [6.45, 7) is -0.291. The van der Waals surface area contributed by atoms with Crippen LogP contribution in [-0.2, 0) is 14.3 Å². The van der Waals surface area contributed by atoms with Crippen molar-refractivity contribution in [2.24, 2.45) is 0 Å². The highest BCUT2D eigenvalue weighted by atomic mass is 16.5. The molecule has 6 nitrogen and oxygen atoms in total. The number of amides is 3. The van der Waals surface area contributed by atoms with Gasteiger partial charge in [0.1, 0.15) is 12.1 Å². The van der Waals surface area contributed by atoms with Gasteiger partial charge in [0.05, 0.1) is 7.11 Å². The van der Waals surface area contributed by atoms with E-state index in [0.717, 1.165) is 24.2 Å². The molecule has 100 valence electrons. The van der Waals surface area contributed by atoms with Crippen molar-refractivity contribution >= 4 is 17.9 Å². The van der Waals surface area contributed by atoms with E-state index >= 15 is 0 Å². The summed E-state index contributed by atoms with van der Waals surface area (Å²) in [4.78, 5) is 38.2. The van der Waals surface area contributed by atoms with Gasteiger partial charge in [-0.25, -0.2) is 4.79 Å². The largest absolute Gasteiger partial charge is 0.468 e. The number of rotatable bonds is 2. The molecular weight excluding hydrogens is 236 g/mol. The van der Waals surface area contributed by atoms with Gasteiger partial charge < -0.3 is 9.64 Å². The summed E-state index contributed by atoms with van der Waals surface area (Å²) in [6.07, 6.45) is 4.34. The minimum Gasteiger partial charge on any atom is -0.468 e. The maximum Gasteiger partial charge on any atom is 0.327 e. The van der Waals surface area contributed by atoms with Crippen LogP contribution in [0.3, 0.4) is 0 Å². The molecule has 0 bridgehead atoms. The first-order valence-corrected chi connectivity index (χ1v) is 6.19. The van der Waals surface area contributed by atoms with Gasteiger partial charge in [-0.05, 0) is 12.8 Å². The maximum atomic E-state index is 12.4. The van der Waals surface area contributed by atoms with Gasteiger partial charge in [-0.1, -0.05) is 19.3 Å². The Morgan fingerprint density at radius 2 is 1.89 bits per heavy atom. The van der Waals surface area contributed by atoms with E-state index in [2.05, 4.69) is 4.74 Å². The Balaban J connectivity index is 2.23. The number of carbonyl (C=O) groups excluding carboxylic acids is 3. The van der Waals surface area contributed by atoms with Crippen molar-refractivity contribution < 1.29 is 19.1 Å². The number of methoxy groups -OCH3 is 1. The van der Waals surface area contributed by atoms with Crippen LogP contribution in [0, 0.1) is 0 Å². The molecule has 2 rings (SSSR count). The second-order valence-electron chi connectivity index (χ2n) is 4.90. The number of esters is 1. The van der Waals surface area contributed by atoms with E-state index in [9.17, 15) is 14.4 Å². The number of imide groups is 1. The molecule has 1 spiro atoms. The third-order valence-electron chi connectivity index (χ3n) is 4.00. The first kappa shape index (κ1) is 12.9. The van der Waals surface area contributed by atoms with E-state index < -0.39 is 17.5 Å². The smallest absolute Gasteiger partial charge is 0.327 e. The summed E-state index contributed by atoms with van der Waals surface area (Å²) in [7, 11) is 2.89. The molecule has 3 amide bonds. The van der Waals surface area contributed by atoms with E-state index in [-0.39, 0.29) is 12.5 Å². The zero-order chi connectivity index (χ0) is 13.3. The Hall–Kier alpha value is -1.59. The molecule has 0 aromatic carbocycles. The lowest BCUT2D eigenvalue weighted by atomic mass is 9.81. The van der Waals surface area contributed by atoms with Crippen molar-refractivity contribution in [3.8, 4) is 0 Å². The Bertz CT molecular complexity index is 388. The number of likely N-dealkylation sites (N-methyl/N-ethyl adjacent to an activating group) is 1. The fraction of sp³-hybridized carbons (Fsp3) is 0.750. The molecule has 2 aliphatic rings. The monoisotopic (exact) mass is 254 g/mol. The zero-order valence-electron chi connectivity index (χ0n) is 10.8. The van der Waals surface area contributed by atoms with E-state index in [1.165, 1.54) is 12.0 Å². The van der Waals surface area contributed by atoms with Crippen molar-refractivity contribution in [3.63, 3.8) is 0 Å². The lowest BCUT2D eigenvalue weighted by Gasteiger charge is -2.35. The molecule has 0 N–H and O–H groups in total. The minimum absolute atomic E-state index is 0.250. The van der Waals surface area contributed by atoms with Crippen molar-refractivity contribution in [2.75, 3.05) is 20.7 Å². The Labute approximate surface area is 106 Å². The average Bonchev–Trinajstić information content (AvgIpc) is 2.56. The standard InChI is InChI=1S/C12H18N2O4/c1-13-11(17)14(8-9(15)18-2)10(16)12(13)6-4-3-5-7-12/h3-8H2,1-2H3. The van der Waals surface area contributed by atoms with Crippen LogP contribution < -0.4 is 0 Å². The third-order valence-corrected chi connectivity index (χ3v) is 4.00. The number of carbonyl (C=O) groups is 3. The molecule has 2 fully saturated rings. The van der Waals surface area contributed by atoms with Gasteiger partial charge in [-0.2, -0.15) is 0 Å². The predicted molar refractivity (Wildman–Crippen MR) is 62.7 cm³/mol. The second kappa shape index (κ2) is 4.59. The fourth-order valence-electron chi connectivity index (χ4n) is 2.86. The topological polar surface area (TPSA) is 66.9 Å². The van der Waals surface area contributed by atoms with Crippen molar-refractivity contribution in [2.45, 2.75) is 37.6 Å². The molecule has 1 heterocycles. The van der Waals surface area contributed by atoms with Crippen LogP contribution in [0.5, 0.6) is 0 Å². The Morgan fingerprint density at radius 1 is 1.28 bits per heavy atom. The molecule has 18 heavy (non-hydrogen) atoms. The van der Waals surface area contributed by atoms with Gasteiger partial charge in [0, 0.05) is 7.05 Å². The van der Waals surface area contributed by atoms with E-state index in [4.69, 9.17) is 0 Å². The molecule has 1 saturated carbocycles. The summed E-state index contributed by atoms with van der Waals surface area (Å²) in [6, 6.07) is -0.396. The third kappa shape index (κ3) is 1.76. The van der Waals surface area contributed by atoms with Crippen LogP contribution in [0.4, 0.5) is 4.79 Å². The lowest BCUT2D eigenvalue weighted by molar-refractivity contribution is -0.146. The highest BCUT2D eigenvalue weighted by Crippen LogP contribution is 2.39. The Morgan fingerprint density at radius 3 is 2.44 bits per heavy atom. The first-order chi connectivity index (χ1) is 8.53. The maximum absolute atomic E-state index is 12.4. The van der Waals surface area contributed by atoms with Crippen LogP contribution in [0.1, 0.15) is 32.1 Å². The molecular formula is C12H18N2O4. The SMILES string of the molecule is COC(=O)CN1C(=O)N(C)C2(CCCCC2)C1=O. The molecule has 1 aliphatic heterocycles. The molecule has 0 radical (unpaired) electrons. The van der Waals surface area contributed by atoms with E-state index in [1.54, 1.807) is 7.05 Å². The van der Waals surface area contributed by atoms with Crippen LogP contribution in [-0.4, -0.2) is 53.9 Å². The minimum atomic E-state index is -0.719. The van der Waals surface area contributed by atoms with Gasteiger partial charge in [0.15, 0.2) is 0 Å². The predicted octanol–water partition coefficient (Wildman–Crippen LogP) is 0.756. The van der Waals surface area contributed by atoms with Gasteiger partial charge in [0.2, 0.25) is 0 Å². The zero-order valence-corrected chi connectivity index (χ0v) is 10.8. The average molecular weight is 254 g/mol. The molecule has 0 unspecified atom stereocenters. The lowest BCUT2D eigenvalue weighted by Crippen LogP contribution is -2.49. The number of hydrogen-bond acceptors (Lipinski definition) is 4. The molecule has 0 aromatic rings. The summed E-state index contributed by atoms with van der Waals surface area (Å²) < 4.78 is 4.52. The summed E-state index contributed by atoms with van der Waals surface area (Å²) in [5, 5.41) is 0. The summed E-state index contributed by atoms with van der Waals surface area (Å²) in [5.74, 6) is -0.821. The van der Waals surface area contributed by atoms with Crippen LogP contribution in [0.2, 0.25) is 0 Å². The number of nitrogens with zero attached hydrogens (tertiary/aromatic N) is 2. The molecule has 1 aliphatic carbocycles. The van der Waals surface area contributed by atoms with E-state index in [0.29, 0.717) is 12.8 Å². The number of hydrogen-bond donors (Lipinski definition) is 0. The summed E-state index contributed by atoms with van der Waals surface area (Å²) in [5.41, 5.74) is -0.719. The first-order valence-electron chi connectivity index (χ1n) is 6.19. The summed E-state index contributed by atoms with van der Waals surface area (Å²) >= 11 is 0. The second-order valence-corrected chi connectivity index (χ2v) is 4.90. The van der Waals surface area contributed by atoms with Crippen LogP contribution in [0.25, 0.3) is 0 Å². The van der Waals surface area contributed by atoms with Crippen LogP contribution >= 0.6 is 0 Å². The van der Waals surface area contributed by atoms with Gasteiger partial charge in [-0.15, -0.1) is 0 Å². The number of urea groups is 1. The number of ether oxygens (including phenoxy) is 1. The molecule has 1 saturated heterocycles.